The Morgan fingerprint density at radius 3 is 3.05 bits per heavy atom. The zero-order valence-corrected chi connectivity index (χ0v) is 12.4. The van der Waals surface area contributed by atoms with Gasteiger partial charge in [0.2, 0.25) is 0 Å². The first kappa shape index (κ1) is 14.2. The van der Waals surface area contributed by atoms with Crippen molar-refractivity contribution in [3.05, 3.63) is 17.1 Å². The topological polar surface area (TPSA) is 101 Å². The molecule has 2 atom stereocenters. The van der Waals surface area contributed by atoms with Crippen LogP contribution in [0.2, 0.25) is 0 Å². The number of thiophene rings is 1. The van der Waals surface area contributed by atoms with Gasteiger partial charge in [0.1, 0.15) is 9.71 Å². The highest BCUT2D eigenvalue weighted by molar-refractivity contribution is 7.21. The van der Waals surface area contributed by atoms with E-state index in [1.54, 1.807) is 12.3 Å². The number of hydrogen-bond acceptors (Lipinski definition) is 6. The van der Waals surface area contributed by atoms with E-state index in [4.69, 9.17) is 5.73 Å². The SMILES string of the molecule is Nc1c(C(=O)NC2CCCCC2CO)sc2nnccc12. The van der Waals surface area contributed by atoms with Crippen LogP contribution in [0.3, 0.4) is 0 Å². The number of hydrogen-bond donors (Lipinski definition) is 3. The average Bonchev–Trinajstić information content (AvgIpc) is 2.85. The van der Waals surface area contributed by atoms with Gasteiger partial charge < -0.3 is 16.2 Å². The second-order valence-corrected chi connectivity index (χ2v) is 6.40. The van der Waals surface area contributed by atoms with E-state index in [1.807, 2.05) is 0 Å². The lowest BCUT2D eigenvalue weighted by atomic mass is 9.85. The number of aliphatic hydroxyl groups excluding tert-OH is 1. The molecule has 0 aliphatic heterocycles. The lowest BCUT2D eigenvalue weighted by molar-refractivity contribution is 0.0877. The van der Waals surface area contributed by atoms with Crippen molar-refractivity contribution in [2.45, 2.75) is 31.7 Å². The minimum absolute atomic E-state index is 0.0203. The zero-order chi connectivity index (χ0) is 14.8. The molecule has 1 fully saturated rings. The Bertz CT molecular complexity index is 657. The van der Waals surface area contributed by atoms with Crippen molar-refractivity contribution in [1.29, 1.82) is 0 Å². The molecule has 1 amide bonds. The van der Waals surface area contributed by atoms with Gasteiger partial charge in [0.25, 0.3) is 5.91 Å². The first-order valence-electron chi connectivity index (χ1n) is 7.12. The molecule has 0 radical (unpaired) electrons. The molecular formula is C14H18N4O2S. The normalized spacial score (nSPS) is 22.3. The van der Waals surface area contributed by atoms with Crippen LogP contribution in [0.1, 0.15) is 35.4 Å². The third-order valence-corrected chi connectivity index (χ3v) is 5.19. The fourth-order valence-electron chi connectivity index (χ4n) is 2.89. The number of carbonyl (C=O) groups is 1. The summed E-state index contributed by atoms with van der Waals surface area (Å²) >= 11 is 1.26. The monoisotopic (exact) mass is 306 g/mol. The highest BCUT2D eigenvalue weighted by Crippen LogP contribution is 2.32. The van der Waals surface area contributed by atoms with Crippen molar-refractivity contribution in [2.24, 2.45) is 5.92 Å². The lowest BCUT2D eigenvalue weighted by Gasteiger charge is -2.30. The van der Waals surface area contributed by atoms with Crippen molar-refractivity contribution in [2.75, 3.05) is 12.3 Å². The highest BCUT2D eigenvalue weighted by Gasteiger charge is 2.27. The molecule has 1 aliphatic rings. The smallest absolute Gasteiger partial charge is 0.263 e. The summed E-state index contributed by atoms with van der Waals surface area (Å²) in [7, 11) is 0. The summed E-state index contributed by atoms with van der Waals surface area (Å²) in [5, 5.41) is 21.0. The molecule has 4 N–H and O–H groups in total. The van der Waals surface area contributed by atoms with E-state index in [2.05, 4.69) is 15.5 Å². The summed E-state index contributed by atoms with van der Waals surface area (Å²) in [5.74, 6) is -0.0426. The number of nitrogen functional groups attached to an aromatic ring is 1. The van der Waals surface area contributed by atoms with Crippen molar-refractivity contribution in [3.8, 4) is 0 Å². The van der Waals surface area contributed by atoms with Crippen LogP contribution in [0.4, 0.5) is 5.69 Å². The summed E-state index contributed by atoms with van der Waals surface area (Å²) in [6.45, 7) is 0.109. The van der Waals surface area contributed by atoms with Crippen LogP contribution in [-0.2, 0) is 0 Å². The summed E-state index contributed by atoms with van der Waals surface area (Å²) < 4.78 is 0. The maximum atomic E-state index is 12.5. The van der Waals surface area contributed by atoms with Gasteiger partial charge in [-0.05, 0) is 18.9 Å². The molecule has 112 valence electrons. The average molecular weight is 306 g/mol. The maximum absolute atomic E-state index is 12.5. The number of aromatic nitrogens is 2. The molecule has 2 heterocycles. The van der Waals surface area contributed by atoms with Gasteiger partial charge in [-0.2, -0.15) is 5.10 Å². The van der Waals surface area contributed by atoms with Gasteiger partial charge >= 0.3 is 0 Å². The molecule has 1 saturated carbocycles. The number of nitrogens with zero attached hydrogens (tertiary/aromatic N) is 2. The molecule has 0 bridgehead atoms. The van der Waals surface area contributed by atoms with Crippen LogP contribution in [0, 0.1) is 5.92 Å². The van der Waals surface area contributed by atoms with E-state index in [1.165, 1.54) is 11.3 Å². The van der Waals surface area contributed by atoms with Gasteiger partial charge in [-0.1, -0.05) is 12.8 Å². The van der Waals surface area contributed by atoms with Crippen molar-refractivity contribution < 1.29 is 9.90 Å². The lowest BCUT2D eigenvalue weighted by Crippen LogP contribution is -2.43. The fourth-order valence-corrected chi connectivity index (χ4v) is 3.83. The minimum Gasteiger partial charge on any atom is -0.397 e. The Labute approximate surface area is 126 Å². The number of amides is 1. The molecule has 0 spiro atoms. The number of carbonyl (C=O) groups excluding carboxylic acids is 1. The molecule has 1 aliphatic carbocycles. The van der Waals surface area contributed by atoms with Crippen molar-refractivity contribution in [1.82, 2.24) is 15.5 Å². The number of nitrogens with two attached hydrogens (primary N) is 1. The summed E-state index contributed by atoms with van der Waals surface area (Å²) in [5.41, 5.74) is 6.50. The van der Waals surface area contributed by atoms with Crippen molar-refractivity contribution >= 4 is 33.1 Å². The van der Waals surface area contributed by atoms with Gasteiger partial charge in [-0.15, -0.1) is 16.4 Å². The third-order valence-electron chi connectivity index (χ3n) is 4.09. The number of rotatable bonds is 3. The molecule has 2 aromatic rings. The summed E-state index contributed by atoms with van der Waals surface area (Å²) in [6, 6.07) is 1.79. The molecule has 2 unspecified atom stereocenters. The maximum Gasteiger partial charge on any atom is 0.263 e. The summed E-state index contributed by atoms with van der Waals surface area (Å²) in [4.78, 5) is 13.6. The van der Waals surface area contributed by atoms with E-state index in [0.717, 1.165) is 31.1 Å². The van der Waals surface area contributed by atoms with Crippen molar-refractivity contribution in [3.63, 3.8) is 0 Å². The van der Waals surface area contributed by atoms with E-state index in [-0.39, 0.29) is 24.5 Å². The van der Waals surface area contributed by atoms with Gasteiger partial charge in [-0.25, -0.2) is 0 Å². The fraction of sp³-hybridized carbons (Fsp3) is 0.500. The minimum atomic E-state index is -0.180. The van der Waals surface area contributed by atoms with E-state index >= 15 is 0 Å². The quantitative estimate of drug-likeness (QED) is 0.798. The standard InChI is InChI=1S/C14H18N4O2S/c15-11-9-5-6-16-18-14(9)21-12(11)13(20)17-10-4-2-1-3-8(10)7-19/h5-6,8,10,19H,1-4,7,15H2,(H,17,20). The van der Waals surface area contributed by atoms with Crippen LogP contribution >= 0.6 is 11.3 Å². The highest BCUT2D eigenvalue weighted by atomic mass is 32.1. The second-order valence-electron chi connectivity index (χ2n) is 5.40. The number of nitrogens with one attached hydrogen (secondary N) is 1. The number of aliphatic hydroxyl groups is 1. The van der Waals surface area contributed by atoms with E-state index in [0.29, 0.717) is 15.4 Å². The predicted molar refractivity (Wildman–Crippen MR) is 82.1 cm³/mol. The number of anilines is 1. The molecule has 3 rings (SSSR count). The molecular weight excluding hydrogens is 288 g/mol. The Hall–Kier alpha value is -1.73. The van der Waals surface area contributed by atoms with Crippen LogP contribution < -0.4 is 11.1 Å². The van der Waals surface area contributed by atoms with E-state index < -0.39 is 0 Å². The molecule has 6 nitrogen and oxygen atoms in total. The second kappa shape index (κ2) is 5.95. The Morgan fingerprint density at radius 1 is 1.48 bits per heavy atom. The predicted octanol–water partition coefficient (Wildman–Crippen LogP) is 1.55. The molecule has 2 aromatic heterocycles. The largest absolute Gasteiger partial charge is 0.397 e. The van der Waals surface area contributed by atoms with Gasteiger partial charge in [0, 0.05) is 24.0 Å². The van der Waals surface area contributed by atoms with Gasteiger partial charge in [0.05, 0.1) is 11.9 Å². The van der Waals surface area contributed by atoms with Crippen LogP contribution in [-0.4, -0.2) is 33.9 Å². The Kier molecular flexibility index (Phi) is 4.03. The van der Waals surface area contributed by atoms with E-state index in [9.17, 15) is 9.90 Å². The van der Waals surface area contributed by atoms with Gasteiger partial charge in [-0.3, -0.25) is 4.79 Å². The zero-order valence-electron chi connectivity index (χ0n) is 11.6. The molecule has 7 heteroatoms. The van der Waals surface area contributed by atoms with Crippen LogP contribution in [0.5, 0.6) is 0 Å². The van der Waals surface area contributed by atoms with Gasteiger partial charge in [0.15, 0.2) is 0 Å². The van der Waals surface area contributed by atoms with Crippen LogP contribution in [0.25, 0.3) is 10.2 Å². The first-order chi connectivity index (χ1) is 10.2. The third kappa shape index (κ3) is 2.71. The molecule has 21 heavy (non-hydrogen) atoms. The number of fused-ring (bicyclic) bond motifs is 1. The summed E-state index contributed by atoms with van der Waals surface area (Å²) in [6.07, 6.45) is 5.61. The Balaban J connectivity index is 1.82. The molecule has 0 aromatic carbocycles. The molecule has 0 saturated heterocycles. The Morgan fingerprint density at radius 2 is 2.29 bits per heavy atom. The first-order valence-corrected chi connectivity index (χ1v) is 7.93. The van der Waals surface area contributed by atoms with Crippen LogP contribution in [0.15, 0.2) is 12.3 Å².